The minimum atomic E-state index is -0.572. The highest BCUT2D eigenvalue weighted by atomic mass is 35.5. The number of carbonyl (C=O) groups is 3. The first-order valence-electron chi connectivity index (χ1n) is 12.1. The molecule has 35 heavy (non-hydrogen) atoms. The number of carbonyl (C=O) groups excluding carboxylic acids is 3. The van der Waals surface area contributed by atoms with Gasteiger partial charge >= 0.3 is 0 Å². The Morgan fingerprint density at radius 2 is 1.77 bits per heavy atom. The van der Waals surface area contributed by atoms with Gasteiger partial charge in [0.2, 0.25) is 11.8 Å². The van der Waals surface area contributed by atoms with E-state index in [1.54, 1.807) is 11.0 Å². The Kier molecular flexibility index (Phi) is 8.65. The molecule has 0 radical (unpaired) electrons. The van der Waals surface area contributed by atoms with Crippen molar-refractivity contribution >= 4 is 46.6 Å². The fourth-order valence-electron chi connectivity index (χ4n) is 4.70. The number of aryl methyl sites for hydroxylation is 1. The van der Waals surface area contributed by atoms with Crippen LogP contribution in [0.4, 0.5) is 5.69 Å². The molecule has 3 N–H and O–H groups in total. The SMILES string of the molecule is O=C1CCC(N2Cc3c(CCCCCNCCNc4cc(Cl)cc(Cl)c4)cccc3C2=O)C(=O)N1. The third-order valence-corrected chi connectivity index (χ3v) is 6.91. The van der Waals surface area contributed by atoms with Crippen LogP contribution in [-0.2, 0) is 22.6 Å². The lowest BCUT2D eigenvalue weighted by atomic mass is 9.98. The Labute approximate surface area is 215 Å². The van der Waals surface area contributed by atoms with Crippen molar-refractivity contribution in [1.29, 1.82) is 0 Å². The summed E-state index contributed by atoms with van der Waals surface area (Å²) in [6.07, 6.45) is 4.73. The quantitative estimate of drug-likeness (QED) is 0.308. The van der Waals surface area contributed by atoms with E-state index >= 15 is 0 Å². The maximum Gasteiger partial charge on any atom is 0.255 e. The number of amides is 3. The standard InChI is InChI=1S/C26H30Cl2N4O3/c27-18-13-19(28)15-20(14-18)30-12-11-29-10-3-1-2-5-17-6-4-7-21-22(17)16-32(26(21)35)23-8-9-24(33)31-25(23)34/h4,6-7,13-15,23,29-30H,1-3,5,8-12,16H2,(H,31,33,34). The molecule has 186 valence electrons. The van der Waals surface area contributed by atoms with E-state index in [1.165, 1.54) is 5.56 Å². The van der Waals surface area contributed by atoms with Crippen LogP contribution in [0.2, 0.25) is 10.0 Å². The maximum atomic E-state index is 12.9. The van der Waals surface area contributed by atoms with Crippen molar-refractivity contribution in [3.8, 4) is 0 Å². The molecule has 0 aromatic heterocycles. The highest BCUT2D eigenvalue weighted by Crippen LogP contribution is 2.30. The predicted molar refractivity (Wildman–Crippen MR) is 138 cm³/mol. The third-order valence-electron chi connectivity index (χ3n) is 6.47. The van der Waals surface area contributed by atoms with E-state index in [0.717, 1.165) is 56.6 Å². The molecule has 2 heterocycles. The number of anilines is 1. The number of nitrogens with zero attached hydrogens (tertiary/aromatic N) is 1. The summed E-state index contributed by atoms with van der Waals surface area (Å²) in [6, 6.07) is 10.7. The molecule has 7 nitrogen and oxygen atoms in total. The number of piperidine rings is 1. The minimum Gasteiger partial charge on any atom is -0.384 e. The van der Waals surface area contributed by atoms with Crippen LogP contribution >= 0.6 is 23.2 Å². The van der Waals surface area contributed by atoms with Crippen LogP contribution < -0.4 is 16.0 Å². The molecule has 0 aliphatic carbocycles. The predicted octanol–water partition coefficient (Wildman–Crippen LogP) is 4.17. The fraction of sp³-hybridized carbons (Fsp3) is 0.423. The maximum absolute atomic E-state index is 12.9. The Morgan fingerprint density at radius 3 is 2.54 bits per heavy atom. The van der Waals surface area contributed by atoms with Crippen LogP contribution in [0.3, 0.4) is 0 Å². The van der Waals surface area contributed by atoms with Crippen LogP contribution in [0.1, 0.15) is 53.6 Å². The molecule has 1 fully saturated rings. The van der Waals surface area contributed by atoms with E-state index in [0.29, 0.717) is 28.6 Å². The van der Waals surface area contributed by atoms with Crippen molar-refractivity contribution in [1.82, 2.24) is 15.5 Å². The molecule has 0 spiro atoms. The first kappa shape index (κ1) is 25.5. The number of benzene rings is 2. The highest BCUT2D eigenvalue weighted by Gasteiger charge is 2.39. The van der Waals surface area contributed by atoms with Crippen LogP contribution in [0, 0.1) is 0 Å². The van der Waals surface area contributed by atoms with Gasteiger partial charge in [-0.25, -0.2) is 0 Å². The van der Waals surface area contributed by atoms with Gasteiger partial charge in [0.1, 0.15) is 6.04 Å². The molecular weight excluding hydrogens is 487 g/mol. The van der Waals surface area contributed by atoms with Crippen molar-refractivity contribution in [2.75, 3.05) is 25.0 Å². The topological polar surface area (TPSA) is 90.5 Å². The zero-order chi connectivity index (χ0) is 24.8. The number of fused-ring (bicyclic) bond motifs is 1. The lowest BCUT2D eigenvalue weighted by molar-refractivity contribution is -0.136. The van der Waals surface area contributed by atoms with Crippen LogP contribution in [0.5, 0.6) is 0 Å². The fourth-order valence-corrected chi connectivity index (χ4v) is 5.23. The van der Waals surface area contributed by atoms with Gasteiger partial charge in [-0.3, -0.25) is 19.7 Å². The molecule has 2 aliphatic rings. The first-order chi connectivity index (χ1) is 16.9. The molecule has 1 atom stereocenters. The van der Waals surface area contributed by atoms with Gasteiger partial charge < -0.3 is 15.5 Å². The van der Waals surface area contributed by atoms with Crippen molar-refractivity contribution in [2.24, 2.45) is 0 Å². The second-order valence-corrected chi connectivity index (χ2v) is 9.86. The zero-order valence-electron chi connectivity index (χ0n) is 19.5. The normalized spacial score (nSPS) is 17.5. The van der Waals surface area contributed by atoms with E-state index in [2.05, 4.69) is 22.0 Å². The molecule has 3 amide bonds. The number of unbranched alkanes of at least 4 members (excludes halogenated alkanes) is 2. The number of hydrogen-bond donors (Lipinski definition) is 3. The van der Waals surface area contributed by atoms with Gasteiger partial charge in [0, 0.05) is 47.4 Å². The van der Waals surface area contributed by atoms with Gasteiger partial charge in [0.25, 0.3) is 5.91 Å². The second-order valence-electron chi connectivity index (χ2n) is 8.99. The van der Waals surface area contributed by atoms with Gasteiger partial charge in [-0.1, -0.05) is 41.8 Å². The Balaban J connectivity index is 1.16. The van der Waals surface area contributed by atoms with Gasteiger partial charge in [-0.15, -0.1) is 0 Å². The van der Waals surface area contributed by atoms with Crippen LogP contribution in [0.25, 0.3) is 0 Å². The summed E-state index contributed by atoms with van der Waals surface area (Å²) in [5.41, 5.74) is 3.78. The van der Waals surface area contributed by atoms with E-state index in [4.69, 9.17) is 23.2 Å². The molecule has 2 aromatic carbocycles. The number of nitrogens with one attached hydrogen (secondary N) is 3. The summed E-state index contributed by atoms with van der Waals surface area (Å²) < 4.78 is 0. The molecule has 1 unspecified atom stereocenters. The number of rotatable bonds is 11. The van der Waals surface area contributed by atoms with E-state index in [1.807, 2.05) is 24.3 Å². The number of halogens is 2. The van der Waals surface area contributed by atoms with Crippen molar-refractivity contribution in [3.05, 3.63) is 63.1 Å². The third kappa shape index (κ3) is 6.54. The molecule has 0 saturated carbocycles. The largest absolute Gasteiger partial charge is 0.384 e. The van der Waals surface area contributed by atoms with E-state index in [-0.39, 0.29) is 24.1 Å². The molecule has 1 saturated heterocycles. The summed E-state index contributed by atoms with van der Waals surface area (Å²) in [7, 11) is 0. The Bertz CT molecular complexity index is 1090. The lowest BCUT2D eigenvalue weighted by Crippen LogP contribution is -2.52. The molecule has 4 rings (SSSR count). The number of imide groups is 1. The minimum absolute atomic E-state index is 0.116. The van der Waals surface area contributed by atoms with Gasteiger partial charge in [-0.05, 0) is 67.6 Å². The van der Waals surface area contributed by atoms with E-state index in [9.17, 15) is 14.4 Å². The molecular formula is C26H30Cl2N4O3. The lowest BCUT2D eigenvalue weighted by Gasteiger charge is -2.29. The van der Waals surface area contributed by atoms with Crippen molar-refractivity contribution in [2.45, 2.75) is 51.1 Å². The van der Waals surface area contributed by atoms with Crippen LogP contribution in [0.15, 0.2) is 36.4 Å². The summed E-state index contributed by atoms with van der Waals surface area (Å²) in [5.74, 6) is -0.759. The van der Waals surface area contributed by atoms with Crippen molar-refractivity contribution in [3.63, 3.8) is 0 Å². The first-order valence-corrected chi connectivity index (χ1v) is 12.8. The Morgan fingerprint density at radius 1 is 0.971 bits per heavy atom. The zero-order valence-corrected chi connectivity index (χ0v) is 21.1. The van der Waals surface area contributed by atoms with E-state index < -0.39 is 6.04 Å². The van der Waals surface area contributed by atoms with Gasteiger partial charge in [-0.2, -0.15) is 0 Å². The summed E-state index contributed by atoms with van der Waals surface area (Å²) in [5, 5.41) is 10.3. The Hall–Kier alpha value is -2.61. The average Bonchev–Trinajstić information content (AvgIpc) is 3.14. The number of hydrogen-bond acceptors (Lipinski definition) is 5. The monoisotopic (exact) mass is 516 g/mol. The average molecular weight is 517 g/mol. The summed E-state index contributed by atoms with van der Waals surface area (Å²) in [4.78, 5) is 38.3. The molecule has 2 aliphatic heterocycles. The summed E-state index contributed by atoms with van der Waals surface area (Å²) in [6.45, 7) is 2.99. The molecule has 2 aromatic rings. The van der Waals surface area contributed by atoms with Crippen LogP contribution in [-0.4, -0.2) is 48.3 Å². The smallest absolute Gasteiger partial charge is 0.255 e. The summed E-state index contributed by atoms with van der Waals surface area (Å²) >= 11 is 12.0. The van der Waals surface area contributed by atoms with Crippen molar-refractivity contribution < 1.29 is 14.4 Å². The molecule has 9 heteroatoms. The highest BCUT2D eigenvalue weighted by molar-refractivity contribution is 6.35. The second kappa shape index (κ2) is 11.9. The molecule has 0 bridgehead atoms. The van der Waals surface area contributed by atoms with Gasteiger partial charge in [0.05, 0.1) is 0 Å². The van der Waals surface area contributed by atoms with Gasteiger partial charge in [0.15, 0.2) is 0 Å².